The van der Waals surface area contributed by atoms with Crippen LogP contribution in [-0.4, -0.2) is 35.9 Å². The van der Waals surface area contributed by atoms with Crippen molar-refractivity contribution in [1.29, 1.82) is 0 Å². The third-order valence-electron chi connectivity index (χ3n) is 2.01. The van der Waals surface area contributed by atoms with Gasteiger partial charge in [-0.3, -0.25) is 5.73 Å². The molecular weight excluding hydrogens is 398 g/mol. The third-order valence-corrected chi connectivity index (χ3v) is 2.01. The summed E-state index contributed by atoms with van der Waals surface area (Å²) < 4.78 is 157. The minimum atomic E-state index is -7.79. The number of hydrogen-bond donors (Lipinski definition) is 1. The molecule has 0 spiro atoms. The summed E-state index contributed by atoms with van der Waals surface area (Å²) in [6.45, 7) is 0. The second-order valence-electron chi connectivity index (χ2n) is 3.43. The molecular formula is C6H2F13NZn+2. The zero-order valence-electron chi connectivity index (χ0n) is 9.20. The van der Waals surface area contributed by atoms with Crippen LogP contribution in [0.1, 0.15) is 0 Å². The molecule has 1 unspecified atom stereocenters. The molecule has 0 fully saturated rings. The molecule has 122 valence electrons. The van der Waals surface area contributed by atoms with Crippen molar-refractivity contribution in [2.75, 3.05) is 0 Å². The number of nitrogens with two attached hydrogens (primary N) is 1. The van der Waals surface area contributed by atoms with E-state index in [9.17, 15) is 57.1 Å². The molecule has 1 atom stereocenters. The van der Waals surface area contributed by atoms with Crippen LogP contribution < -0.4 is 5.73 Å². The van der Waals surface area contributed by atoms with Crippen LogP contribution in [0.5, 0.6) is 0 Å². The maximum atomic E-state index is 12.6. The normalized spacial score (nSPS) is 18.0. The van der Waals surface area contributed by atoms with Crippen LogP contribution in [0.25, 0.3) is 0 Å². The Balaban J connectivity index is 0. The Morgan fingerprint density at radius 1 is 0.429 bits per heavy atom. The Morgan fingerprint density at radius 2 is 0.714 bits per heavy atom. The summed E-state index contributed by atoms with van der Waals surface area (Å²) in [4.78, 5) is 0. The van der Waals surface area contributed by atoms with Crippen molar-refractivity contribution in [2.24, 2.45) is 5.73 Å². The average molecular weight is 400 g/mol. The van der Waals surface area contributed by atoms with E-state index in [-0.39, 0.29) is 19.5 Å². The van der Waals surface area contributed by atoms with Gasteiger partial charge in [-0.15, -0.1) is 0 Å². The fourth-order valence-electron chi connectivity index (χ4n) is 0.782. The first-order chi connectivity index (χ1) is 8.25. The summed E-state index contributed by atoms with van der Waals surface area (Å²) in [6.07, 6.45) is -14.4. The zero-order valence-corrected chi connectivity index (χ0v) is 12.2. The molecule has 21 heavy (non-hydrogen) atoms. The van der Waals surface area contributed by atoms with Crippen molar-refractivity contribution in [3.05, 3.63) is 0 Å². The molecule has 0 aliphatic rings. The summed E-state index contributed by atoms with van der Waals surface area (Å²) >= 11 is 0. The summed E-state index contributed by atoms with van der Waals surface area (Å²) in [5.74, 6) is -29.9. The quantitative estimate of drug-likeness (QED) is 0.437. The largest absolute Gasteiger partial charge is 2.00 e. The number of alkyl halides is 13. The number of halogens is 13. The van der Waals surface area contributed by atoms with E-state index in [1.165, 1.54) is 0 Å². The Morgan fingerprint density at radius 3 is 0.905 bits per heavy atom. The van der Waals surface area contributed by atoms with Gasteiger partial charge >= 0.3 is 55.4 Å². The van der Waals surface area contributed by atoms with Crippen LogP contribution in [0, 0.1) is 0 Å². The first kappa shape index (κ1) is 22.9. The van der Waals surface area contributed by atoms with Gasteiger partial charge in [0.1, 0.15) is 0 Å². The van der Waals surface area contributed by atoms with Gasteiger partial charge < -0.3 is 0 Å². The second kappa shape index (κ2) is 5.39. The van der Waals surface area contributed by atoms with Crippen molar-refractivity contribution in [3.63, 3.8) is 0 Å². The minimum absolute atomic E-state index is 0. The molecule has 0 saturated heterocycles. The Hall–Kier alpha value is -0.327. The van der Waals surface area contributed by atoms with Crippen LogP contribution in [0.4, 0.5) is 57.1 Å². The van der Waals surface area contributed by atoms with E-state index >= 15 is 0 Å². The molecule has 0 aromatic carbocycles. The van der Waals surface area contributed by atoms with Crippen molar-refractivity contribution in [2.45, 2.75) is 35.9 Å². The molecule has 0 radical (unpaired) electrons. The van der Waals surface area contributed by atoms with Crippen molar-refractivity contribution in [1.82, 2.24) is 0 Å². The maximum Gasteiger partial charge on any atom is 2.00 e. The van der Waals surface area contributed by atoms with Crippen LogP contribution >= 0.6 is 0 Å². The van der Waals surface area contributed by atoms with Gasteiger partial charge in [0.05, 0.1) is 0 Å². The molecule has 2 N–H and O–H groups in total. The average Bonchev–Trinajstić information content (AvgIpc) is 2.12. The van der Waals surface area contributed by atoms with Gasteiger partial charge in [0, 0.05) is 0 Å². The first-order valence-electron chi connectivity index (χ1n) is 4.00. The monoisotopic (exact) mass is 399 g/mol. The van der Waals surface area contributed by atoms with Gasteiger partial charge in [-0.05, 0) is 0 Å². The van der Waals surface area contributed by atoms with Gasteiger partial charge in [0.2, 0.25) is 0 Å². The van der Waals surface area contributed by atoms with E-state index in [4.69, 9.17) is 0 Å². The Bertz CT molecular complexity index is 330. The van der Waals surface area contributed by atoms with E-state index in [0.717, 1.165) is 0 Å². The maximum absolute atomic E-state index is 12.6. The van der Waals surface area contributed by atoms with Crippen LogP contribution in [0.2, 0.25) is 0 Å². The van der Waals surface area contributed by atoms with Gasteiger partial charge in [-0.25, -0.2) is 4.39 Å². The van der Waals surface area contributed by atoms with Crippen molar-refractivity contribution in [3.8, 4) is 0 Å². The topological polar surface area (TPSA) is 26.0 Å². The molecule has 0 aromatic heterocycles. The molecule has 0 heterocycles. The van der Waals surface area contributed by atoms with E-state index in [1.54, 1.807) is 0 Å². The first-order valence-corrected chi connectivity index (χ1v) is 4.00. The Labute approximate surface area is 119 Å². The number of hydrogen-bond acceptors (Lipinski definition) is 1. The van der Waals surface area contributed by atoms with Crippen molar-refractivity contribution < 1.29 is 76.6 Å². The third kappa shape index (κ3) is 3.08. The summed E-state index contributed by atoms with van der Waals surface area (Å²) in [6, 6.07) is 0. The molecule has 0 rings (SSSR count). The van der Waals surface area contributed by atoms with Crippen molar-refractivity contribution >= 4 is 0 Å². The fraction of sp³-hybridized carbons (Fsp3) is 1.00. The molecule has 0 aromatic rings. The molecule has 0 bridgehead atoms. The molecule has 0 amide bonds. The predicted molar refractivity (Wildman–Crippen MR) is 35.0 cm³/mol. The van der Waals surface area contributed by atoms with Crippen LogP contribution in [-0.2, 0) is 19.5 Å². The zero-order chi connectivity index (χ0) is 17.0. The SMILES string of the molecule is NC(F)(C(F)(F)F)C(F)(F)C(F)(F)C(F)(F)C(F)(F)F.[Zn+2]. The molecule has 15 heteroatoms. The van der Waals surface area contributed by atoms with E-state index in [2.05, 4.69) is 5.73 Å². The number of rotatable bonds is 3. The van der Waals surface area contributed by atoms with Gasteiger partial charge in [0.25, 0.3) is 0 Å². The van der Waals surface area contributed by atoms with E-state index in [1.807, 2.05) is 0 Å². The molecule has 0 aliphatic heterocycles. The van der Waals surface area contributed by atoms with Gasteiger partial charge in [-0.2, -0.15) is 52.7 Å². The molecule has 0 aliphatic carbocycles. The van der Waals surface area contributed by atoms with Gasteiger partial charge in [-0.1, -0.05) is 0 Å². The van der Waals surface area contributed by atoms with Crippen LogP contribution in [0.3, 0.4) is 0 Å². The second-order valence-corrected chi connectivity index (χ2v) is 3.43. The summed E-state index contributed by atoms with van der Waals surface area (Å²) in [7, 11) is 0. The summed E-state index contributed by atoms with van der Waals surface area (Å²) in [5, 5.41) is 0. The molecule has 0 saturated carbocycles. The Kier molecular flexibility index (Phi) is 5.89. The predicted octanol–water partition coefficient (Wildman–Crippen LogP) is 3.64. The van der Waals surface area contributed by atoms with Crippen LogP contribution in [0.15, 0.2) is 0 Å². The van der Waals surface area contributed by atoms with Gasteiger partial charge in [0.15, 0.2) is 0 Å². The summed E-state index contributed by atoms with van der Waals surface area (Å²) in [5.41, 5.74) is 3.18. The standard InChI is InChI=1S/C6H2F13N.Zn/c7-1(8,3(11,12)5(14,15)16)2(9,10)4(13,20)6(17,18)19;/h20H2;/q;+2. The smallest absolute Gasteiger partial charge is 0.286 e. The molecule has 1 nitrogen and oxygen atoms in total. The van der Waals surface area contributed by atoms with E-state index < -0.39 is 35.9 Å². The minimum Gasteiger partial charge on any atom is -0.286 e. The fourth-order valence-corrected chi connectivity index (χ4v) is 0.782. The van der Waals surface area contributed by atoms with E-state index in [0.29, 0.717) is 0 Å².